The van der Waals surface area contributed by atoms with E-state index < -0.39 is 10.0 Å². The predicted molar refractivity (Wildman–Crippen MR) is 67.5 cm³/mol. The molecule has 1 aromatic rings. The van der Waals surface area contributed by atoms with Crippen LogP contribution in [0.25, 0.3) is 0 Å². The number of aromatic nitrogens is 1. The third-order valence-corrected chi connectivity index (χ3v) is 4.98. The smallest absolute Gasteiger partial charge is 0.220 e. The normalized spacial score (nSPS) is 21.6. The van der Waals surface area contributed by atoms with Gasteiger partial charge < -0.3 is 9.84 Å². The van der Waals surface area contributed by atoms with Crippen molar-refractivity contribution < 1.29 is 12.9 Å². The van der Waals surface area contributed by atoms with Crippen molar-refractivity contribution in [3.8, 4) is 0 Å². The molecule has 7 heteroatoms. The molecule has 1 atom stereocenters. The van der Waals surface area contributed by atoms with Crippen LogP contribution in [0, 0.1) is 6.92 Å². The van der Waals surface area contributed by atoms with E-state index in [1.807, 2.05) is 7.05 Å². The van der Waals surface area contributed by atoms with Crippen LogP contribution in [0.4, 0.5) is 0 Å². The van der Waals surface area contributed by atoms with Crippen molar-refractivity contribution in [2.24, 2.45) is 0 Å². The predicted octanol–water partition coefficient (Wildman–Crippen LogP) is 0.497. The molecule has 1 fully saturated rings. The Hall–Kier alpha value is -0.920. The summed E-state index contributed by atoms with van der Waals surface area (Å²) in [5, 5.41) is 6.79. The number of nitrogens with zero attached hydrogens (tertiary/aromatic N) is 2. The van der Waals surface area contributed by atoms with E-state index in [1.165, 1.54) is 0 Å². The summed E-state index contributed by atoms with van der Waals surface area (Å²) in [6.07, 6.45) is 1.83. The Morgan fingerprint density at radius 1 is 1.61 bits per heavy atom. The van der Waals surface area contributed by atoms with Crippen LogP contribution in [0.1, 0.15) is 24.3 Å². The Bertz CT molecular complexity index is 497. The van der Waals surface area contributed by atoms with Crippen molar-refractivity contribution in [3.63, 3.8) is 0 Å². The summed E-state index contributed by atoms with van der Waals surface area (Å²) >= 11 is 0. The molecular formula is C11H19N3O3S. The van der Waals surface area contributed by atoms with Crippen molar-refractivity contribution in [1.82, 2.24) is 14.8 Å². The molecule has 0 radical (unpaired) electrons. The van der Waals surface area contributed by atoms with Gasteiger partial charge in [0.05, 0.1) is 0 Å². The monoisotopic (exact) mass is 273 g/mol. The van der Waals surface area contributed by atoms with Gasteiger partial charge >= 0.3 is 0 Å². The molecule has 2 rings (SSSR count). The SMILES string of the molecule is CNCC1CCCN1S(=O)(=O)Cc1cc(C)on1. The molecule has 102 valence electrons. The highest BCUT2D eigenvalue weighted by Crippen LogP contribution is 2.23. The molecule has 1 aromatic heterocycles. The topological polar surface area (TPSA) is 75.4 Å². The summed E-state index contributed by atoms with van der Waals surface area (Å²) in [6.45, 7) is 3.05. The highest BCUT2D eigenvalue weighted by Gasteiger charge is 2.34. The quantitative estimate of drug-likeness (QED) is 0.845. The van der Waals surface area contributed by atoms with E-state index in [0.717, 1.165) is 12.8 Å². The van der Waals surface area contributed by atoms with E-state index in [4.69, 9.17) is 4.52 Å². The minimum absolute atomic E-state index is 0.0630. The first kappa shape index (κ1) is 13.5. The molecule has 0 aliphatic carbocycles. The summed E-state index contributed by atoms with van der Waals surface area (Å²) in [4.78, 5) is 0. The van der Waals surface area contributed by atoms with Crippen molar-refractivity contribution >= 4 is 10.0 Å². The number of sulfonamides is 1. The van der Waals surface area contributed by atoms with Gasteiger partial charge in [-0.1, -0.05) is 5.16 Å². The lowest BCUT2D eigenvalue weighted by Gasteiger charge is -2.23. The van der Waals surface area contributed by atoms with Crippen LogP contribution in [0.15, 0.2) is 10.6 Å². The standard InChI is InChI=1S/C11H19N3O3S/c1-9-6-10(13-17-9)8-18(15,16)14-5-3-4-11(14)7-12-2/h6,11-12H,3-5,7-8H2,1-2H3. The molecule has 1 aliphatic heterocycles. The second kappa shape index (κ2) is 5.38. The number of rotatable bonds is 5. The Balaban J connectivity index is 2.10. The van der Waals surface area contributed by atoms with Crippen LogP contribution in [0.5, 0.6) is 0 Å². The summed E-state index contributed by atoms with van der Waals surface area (Å²) < 4.78 is 31.1. The van der Waals surface area contributed by atoms with E-state index in [9.17, 15) is 8.42 Å². The molecule has 1 saturated heterocycles. The number of aryl methyl sites for hydroxylation is 1. The molecule has 6 nitrogen and oxygen atoms in total. The second-order valence-electron chi connectivity index (χ2n) is 4.65. The average molecular weight is 273 g/mol. The molecule has 0 amide bonds. The van der Waals surface area contributed by atoms with Crippen molar-refractivity contribution in [2.45, 2.75) is 31.6 Å². The van der Waals surface area contributed by atoms with E-state index in [-0.39, 0.29) is 11.8 Å². The highest BCUT2D eigenvalue weighted by molar-refractivity contribution is 7.88. The van der Waals surface area contributed by atoms with Gasteiger partial charge in [-0.15, -0.1) is 0 Å². The van der Waals surface area contributed by atoms with Crippen molar-refractivity contribution in [2.75, 3.05) is 20.1 Å². The van der Waals surface area contributed by atoms with Crippen LogP contribution in [-0.4, -0.2) is 44.1 Å². The summed E-state index contributed by atoms with van der Waals surface area (Å²) in [5.41, 5.74) is 0.475. The minimum Gasteiger partial charge on any atom is -0.361 e. The third kappa shape index (κ3) is 2.90. The fourth-order valence-corrected chi connectivity index (χ4v) is 4.09. The third-order valence-electron chi connectivity index (χ3n) is 3.13. The number of hydrogen-bond donors (Lipinski definition) is 1. The number of likely N-dealkylation sites (N-methyl/N-ethyl adjacent to an activating group) is 1. The Morgan fingerprint density at radius 3 is 3.00 bits per heavy atom. The van der Waals surface area contributed by atoms with Gasteiger partial charge in [0, 0.05) is 25.2 Å². The van der Waals surface area contributed by atoms with Crippen LogP contribution in [0.2, 0.25) is 0 Å². The van der Waals surface area contributed by atoms with Gasteiger partial charge in [0.15, 0.2) is 0 Å². The molecule has 0 aromatic carbocycles. The summed E-state index contributed by atoms with van der Waals surface area (Å²) in [7, 11) is -1.46. The minimum atomic E-state index is -3.30. The van der Waals surface area contributed by atoms with Gasteiger partial charge in [-0.05, 0) is 26.8 Å². The van der Waals surface area contributed by atoms with Crippen LogP contribution in [-0.2, 0) is 15.8 Å². The molecule has 0 spiro atoms. The van der Waals surface area contributed by atoms with E-state index >= 15 is 0 Å². The van der Waals surface area contributed by atoms with Crippen molar-refractivity contribution in [1.29, 1.82) is 0 Å². The maximum Gasteiger partial charge on any atom is 0.220 e. The van der Waals surface area contributed by atoms with Gasteiger partial charge in [-0.2, -0.15) is 4.31 Å². The fourth-order valence-electron chi connectivity index (χ4n) is 2.37. The molecule has 0 bridgehead atoms. The zero-order valence-electron chi connectivity index (χ0n) is 10.7. The Morgan fingerprint density at radius 2 is 2.39 bits per heavy atom. The fraction of sp³-hybridized carbons (Fsp3) is 0.727. The number of nitrogens with one attached hydrogen (secondary N) is 1. The van der Waals surface area contributed by atoms with E-state index in [1.54, 1.807) is 17.3 Å². The lowest BCUT2D eigenvalue weighted by atomic mass is 10.2. The molecule has 0 saturated carbocycles. The zero-order chi connectivity index (χ0) is 13.2. The lowest BCUT2D eigenvalue weighted by Crippen LogP contribution is -2.41. The van der Waals surface area contributed by atoms with Gasteiger partial charge in [0.2, 0.25) is 10.0 Å². The molecular weight excluding hydrogens is 254 g/mol. The number of hydrogen-bond acceptors (Lipinski definition) is 5. The first-order chi connectivity index (χ1) is 8.53. The Kier molecular flexibility index (Phi) is 4.04. The van der Waals surface area contributed by atoms with Crippen LogP contribution in [0.3, 0.4) is 0 Å². The van der Waals surface area contributed by atoms with E-state index in [0.29, 0.717) is 24.5 Å². The van der Waals surface area contributed by atoms with Gasteiger partial charge in [0.25, 0.3) is 0 Å². The Labute approximate surface area is 107 Å². The maximum atomic E-state index is 12.3. The van der Waals surface area contributed by atoms with Gasteiger partial charge in [-0.25, -0.2) is 8.42 Å². The molecule has 18 heavy (non-hydrogen) atoms. The van der Waals surface area contributed by atoms with Crippen LogP contribution < -0.4 is 5.32 Å². The molecule has 1 aliphatic rings. The highest BCUT2D eigenvalue weighted by atomic mass is 32.2. The first-order valence-corrected chi connectivity index (χ1v) is 7.70. The van der Waals surface area contributed by atoms with Crippen molar-refractivity contribution in [3.05, 3.63) is 17.5 Å². The summed E-state index contributed by atoms with van der Waals surface area (Å²) in [5.74, 6) is 0.554. The maximum absolute atomic E-state index is 12.3. The van der Waals surface area contributed by atoms with Gasteiger partial charge in [0.1, 0.15) is 17.2 Å². The summed E-state index contributed by atoms with van der Waals surface area (Å²) in [6, 6.07) is 1.73. The van der Waals surface area contributed by atoms with Gasteiger partial charge in [-0.3, -0.25) is 0 Å². The molecule has 1 unspecified atom stereocenters. The molecule has 1 N–H and O–H groups in total. The largest absolute Gasteiger partial charge is 0.361 e. The van der Waals surface area contributed by atoms with Crippen LogP contribution >= 0.6 is 0 Å². The first-order valence-electron chi connectivity index (χ1n) is 6.09. The van der Waals surface area contributed by atoms with E-state index in [2.05, 4.69) is 10.5 Å². The average Bonchev–Trinajstić information content (AvgIpc) is 2.88. The zero-order valence-corrected chi connectivity index (χ0v) is 11.5. The lowest BCUT2D eigenvalue weighted by molar-refractivity contribution is 0.374. The second-order valence-corrected chi connectivity index (χ2v) is 6.57. The molecule has 2 heterocycles.